The summed E-state index contributed by atoms with van der Waals surface area (Å²) in [5.74, 6) is 0. The summed E-state index contributed by atoms with van der Waals surface area (Å²) in [4.78, 5) is 1.89. The molecule has 1 aromatic rings. The SMILES string of the molecule is CC(C)N1c2cccc(C(F)(F)F)c2CC1C(C)(C)O. The first-order chi connectivity index (χ1) is 9.03. The largest absolute Gasteiger partial charge is 0.416 e. The highest BCUT2D eigenvalue weighted by Crippen LogP contribution is 2.44. The van der Waals surface area contributed by atoms with E-state index in [0.29, 0.717) is 11.3 Å². The molecule has 0 aromatic heterocycles. The third-order valence-corrected chi connectivity index (χ3v) is 3.84. The molecule has 0 saturated heterocycles. The maximum Gasteiger partial charge on any atom is 0.416 e. The summed E-state index contributed by atoms with van der Waals surface area (Å²) in [6, 6.07) is 3.93. The van der Waals surface area contributed by atoms with E-state index >= 15 is 0 Å². The van der Waals surface area contributed by atoms with E-state index < -0.39 is 17.3 Å². The minimum Gasteiger partial charge on any atom is -0.388 e. The zero-order valence-electron chi connectivity index (χ0n) is 12.1. The van der Waals surface area contributed by atoms with Crippen molar-refractivity contribution in [2.45, 2.75) is 58.0 Å². The van der Waals surface area contributed by atoms with Gasteiger partial charge in [0.05, 0.1) is 17.2 Å². The topological polar surface area (TPSA) is 23.5 Å². The highest BCUT2D eigenvalue weighted by atomic mass is 19.4. The van der Waals surface area contributed by atoms with Gasteiger partial charge in [-0.15, -0.1) is 0 Å². The Morgan fingerprint density at radius 2 is 1.85 bits per heavy atom. The van der Waals surface area contributed by atoms with Crippen LogP contribution < -0.4 is 4.90 Å². The number of aliphatic hydroxyl groups is 1. The summed E-state index contributed by atoms with van der Waals surface area (Å²) in [6.45, 7) is 7.14. The molecule has 0 spiro atoms. The van der Waals surface area contributed by atoms with Crippen LogP contribution in [-0.2, 0) is 12.6 Å². The minimum atomic E-state index is -4.36. The van der Waals surface area contributed by atoms with Gasteiger partial charge in [-0.05, 0) is 51.8 Å². The Bertz CT molecular complexity index is 503. The van der Waals surface area contributed by atoms with Crippen molar-refractivity contribution in [3.8, 4) is 0 Å². The Kier molecular flexibility index (Phi) is 3.53. The summed E-state index contributed by atoms with van der Waals surface area (Å²) in [5.41, 5.74) is -0.776. The zero-order valence-corrected chi connectivity index (χ0v) is 12.1. The molecule has 1 aliphatic heterocycles. The van der Waals surface area contributed by atoms with Crippen LogP contribution in [0.3, 0.4) is 0 Å². The van der Waals surface area contributed by atoms with Crippen LogP contribution in [0.5, 0.6) is 0 Å². The quantitative estimate of drug-likeness (QED) is 0.898. The molecule has 2 nitrogen and oxygen atoms in total. The Hall–Kier alpha value is -1.23. The Labute approximate surface area is 117 Å². The fourth-order valence-electron chi connectivity index (χ4n) is 2.98. The number of rotatable bonds is 2. The molecule has 0 fully saturated rings. The maximum atomic E-state index is 13.1. The Morgan fingerprint density at radius 1 is 1.25 bits per heavy atom. The van der Waals surface area contributed by atoms with E-state index in [2.05, 4.69) is 0 Å². The molecule has 1 aromatic carbocycles. The molecule has 0 bridgehead atoms. The summed E-state index contributed by atoms with van der Waals surface area (Å²) >= 11 is 0. The van der Waals surface area contributed by atoms with Gasteiger partial charge in [0.25, 0.3) is 0 Å². The van der Waals surface area contributed by atoms with Crippen LogP contribution >= 0.6 is 0 Å². The van der Waals surface area contributed by atoms with Crippen molar-refractivity contribution in [2.24, 2.45) is 0 Å². The van der Waals surface area contributed by atoms with E-state index in [-0.39, 0.29) is 18.5 Å². The van der Waals surface area contributed by atoms with Crippen molar-refractivity contribution in [2.75, 3.05) is 4.90 Å². The molecular weight excluding hydrogens is 267 g/mol. The molecule has 1 atom stereocenters. The van der Waals surface area contributed by atoms with Crippen LogP contribution in [0.1, 0.15) is 38.8 Å². The van der Waals surface area contributed by atoms with Crippen molar-refractivity contribution in [3.05, 3.63) is 29.3 Å². The zero-order chi connectivity index (χ0) is 15.3. The molecule has 0 radical (unpaired) electrons. The molecule has 5 heteroatoms. The van der Waals surface area contributed by atoms with Crippen molar-refractivity contribution >= 4 is 5.69 Å². The second-order valence-electron chi connectivity index (χ2n) is 6.18. The number of anilines is 1. The summed E-state index contributed by atoms with van der Waals surface area (Å²) in [5, 5.41) is 10.3. The van der Waals surface area contributed by atoms with Gasteiger partial charge in [-0.1, -0.05) is 6.07 Å². The number of hydrogen-bond acceptors (Lipinski definition) is 2. The molecule has 0 aliphatic carbocycles. The molecule has 1 heterocycles. The van der Waals surface area contributed by atoms with Gasteiger partial charge in [0, 0.05) is 11.7 Å². The van der Waals surface area contributed by atoms with E-state index in [1.54, 1.807) is 19.9 Å². The maximum absolute atomic E-state index is 13.1. The molecule has 2 rings (SSSR count). The van der Waals surface area contributed by atoms with E-state index in [4.69, 9.17) is 0 Å². The minimum absolute atomic E-state index is 0.0242. The fourth-order valence-corrected chi connectivity index (χ4v) is 2.98. The van der Waals surface area contributed by atoms with E-state index in [1.807, 2.05) is 18.7 Å². The number of halogens is 3. The summed E-state index contributed by atoms with van der Waals surface area (Å²) in [6.07, 6.45) is -4.14. The highest BCUT2D eigenvalue weighted by molar-refractivity contribution is 5.64. The van der Waals surface area contributed by atoms with Crippen LogP contribution in [0.15, 0.2) is 18.2 Å². The molecular formula is C15H20F3NO. The van der Waals surface area contributed by atoms with Gasteiger partial charge in [0.15, 0.2) is 0 Å². The van der Waals surface area contributed by atoms with Gasteiger partial charge in [0.1, 0.15) is 0 Å². The van der Waals surface area contributed by atoms with E-state index in [9.17, 15) is 18.3 Å². The number of hydrogen-bond donors (Lipinski definition) is 1. The average molecular weight is 287 g/mol. The molecule has 1 unspecified atom stereocenters. The average Bonchev–Trinajstić information content (AvgIpc) is 2.65. The first-order valence-corrected chi connectivity index (χ1v) is 6.73. The predicted octanol–water partition coefficient (Wildman–Crippen LogP) is 3.62. The monoisotopic (exact) mass is 287 g/mol. The molecule has 112 valence electrons. The van der Waals surface area contributed by atoms with Crippen LogP contribution in [0, 0.1) is 0 Å². The van der Waals surface area contributed by atoms with Gasteiger partial charge in [-0.2, -0.15) is 13.2 Å². The lowest BCUT2D eigenvalue weighted by Crippen LogP contribution is -2.50. The standard InChI is InChI=1S/C15H20F3NO/c1-9(2)19-12-7-5-6-11(15(16,17)18)10(12)8-13(19)14(3,4)20/h5-7,9,13,20H,8H2,1-4H3. The van der Waals surface area contributed by atoms with Crippen molar-refractivity contribution in [1.82, 2.24) is 0 Å². The molecule has 1 aliphatic rings. The van der Waals surface area contributed by atoms with Crippen molar-refractivity contribution in [3.63, 3.8) is 0 Å². The third-order valence-electron chi connectivity index (χ3n) is 3.84. The van der Waals surface area contributed by atoms with Gasteiger partial charge in [0.2, 0.25) is 0 Å². The van der Waals surface area contributed by atoms with Crippen molar-refractivity contribution < 1.29 is 18.3 Å². The van der Waals surface area contributed by atoms with Gasteiger partial charge < -0.3 is 10.0 Å². The lowest BCUT2D eigenvalue weighted by Gasteiger charge is -2.38. The molecule has 0 saturated carbocycles. The van der Waals surface area contributed by atoms with Crippen LogP contribution in [0.2, 0.25) is 0 Å². The predicted molar refractivity (Wildman–Crippen MR) is 72.8 cm³/mol. The first kappa shape index (κ1) is 15.2. The molecule has 1 N–H and O–H groups in total. The number of fused-ring (bicyclic) bond motifs is 1. The lowest BCUT2D eigenvalue weighted by molar-refractivity contribution is -0.138. The second-order valence-corrected chi connectivity index (χ2v) is 6.18. The van der Waals surface area contributed by atoms with E-state index in [0.717, 1.165) is 6.07 Å². The Morgan fingerprint density at radius 3 is 2.30 bits per heavy atom. The molecule has 0 amide bonds. The normalized spacial score (nSPS) is 19.6. The smallest absolute Gasteiger partial charge is 0.388 e. The van der Waals surface area contributed by atoms with Gasteiger partial charge >= 0.3 is 6.18 Å². The summed E-state index contributed by atoms with van der Waals surface area (Å²) in [7, 11) is 0. The van der Waals surface area contributed by atoms with E-state index in [1.165, 1.54) is 6.07 Å². The second kappa shape index (κ2) is 4.65. The Balaban J connectivity index is 2.57. The van der Waals surface area contributed by atoms with Gasteiger partial charge in [-0.3, -0.25) is 0 Å². The van der Waals surface area contributed by atoms with Crippen LogP contribution in [0.4, 0.5) is 18.9 Å². The van der Waals surface area contributed by atoms with Gasteiger partial charge in [-0.25, -0.2) is 0 Å². The fraction of sp³-hybridized carbons (Fsp3) is 0.600. The number of nitrogens with zero attached hydrogens (tertiary/aromatic N) is 1. The number of benzene rings is 1. The lowest BCUT2D eigenvalue weighted by atomic mass is 9.93. The molecule has 20 heavy (non-hydrogen) atoms. The summed E-state index contributed by atoms with van der Waals surface area (Å²) < 4.78 is 39.3. The third kappa shape index (κ3) is 2.51. The van der Waals surface area contributed by atoms with Crippen LogP contribution in [0.25, 0.3) is 0 Å². The number of alkyl halides is 3. The van der Waals surface area contributed by atoms with Crippen LogP contribution in [-0.4, -0.2) is 22.8 Å². The van der Waals surface area contributed by atoms with Crippen molar-refractivity contribution in [1.29, 1.82) is 0 Å². The highest BCUT2D eigenvalue weighted by Gasteiger charge is 2.44. The first-order valence-electron chi connectivity index (χ1n) is 6.73.